The number of carbonyl (C=O) groups excluding carboxylic acids is 1. The molecule has 4 bridgehead atoms. The van der Waals surface area contributed by atoms with Crippen molar-refractivity contribution in [2.75, 3.05) is 0 Å². The Morgan fingerprint density at radius 2 is 2.10 bits per heavy atom. The van der Waals surface area contributed by atoms with Crippen molar-refractivity contribution in [3.8, 4) is 0 Å². The Balaban J connectivity index is 1.82. The van der Waals surface area contributed by atoms with Crippen LogP contribution < -0.4 is 0 Å². The number of ether oxygens (including phenoxy) is 1. The van der Waals surface area contributed by atoms with Gasteiger partial charge >= 0.3 is 5.97 Å². The second kappa shape index (κ2) is 4.61. The number of allylic oxidation sites excluding steroid dienone is 2. The molecular formula is C18H28O2. The van der Waals surface area contributed by atoms with Crippen molar-refractivity contribution in [2.24, 2.45) is 23.2 Å². The zero-order valence-corrected chi connectivity index (χ0v) is 13.4. The topological polar surface area (TPSA) is 26.3 Å². The summed E-state index contributed by atoms with van der Waals surface area (Å²) >= 11 is 0. The molecular weight excluding hydrogens is 248 g/mol. The van der Waals surface area contributed by atoms with E-state index in [1.807, 2.05) is 6.92 Å². The molecule has 0 spiro atoms. The molecule has 112 valence electrons. The van der Waals surface area contributed by atoms with Crippen LogP contribution in [0.5, 0.6) is 0 Å². The summed E-state index contributed by atoms with van der Waals surface area (Å²) in [6.45, 7) is 8.40. The van der Waals surface area contributed by atoms with Gasteiger partial charge in [0.25, 0.3) is 0 Å². The Labute approximate surface area is 123 Å². The van der Waals surface area contributed by atoms with E-state index >= 15 is 0 Å². The Morgan fingerprint density at radius 1 is 1.45 bits per heavy atom. The summed E-state index contributed by atoms with van der Waals surface area (Å²) in [5.74, 6) is 1.62. The third-order valence-electron chi connectivity index (χ3n) is 6.65. The molecule has 0 aliphatic heterocycles. The van der Waals surface area contributed by atoms with Crippen molar-refractivity contribution in [1.82, 2.24) is 0 Å². The molecule has 5 aliphatic rings. The van der Waals surface area contributed by atoms with Crippen LogP contribution >= 0.6 is 0 Å². The molecule has 4 atom stereocenters. The second-order valence-electron chi connectivity index (χ2n) is 7.54. The van der Waals surface area contributed by atoms with Crippen LogP contribution in [0.3, 0.4) is 0 Å². The van der Waals surface area contributed by atoms with E-state index in [1.54, 1.807) is 5.57 Å². The van der Waals surface area contributed by atoms with Crippen molar-refractivity contribution < 1.29 is 9.53 Å². The van der Waals surface area contributed by atoms with Gasteiger partial charge in [-0.15, -0.1) is 0 Å². The molecule has 0 amide bonds. The first-order valence-electron chi connectivity index (χ1n) is 8.37. The Hall–Kier alpha value is -0.790. The lowest BCUT2D eigenvalue weighted by Crippen LogP contribution is -2.58. The lowest BCUT2D eigenvalue weighted by molar-refractivity contribution is -0.193. The van der Waals surface area contributed by atoms with Crippen molar-refractivity contribution >= 4 is 5.97 Å². The highest BCUT2D eigenvalue weighted by molar-refractivity contribution is 5.72. The van der Waals surface area contributed by atoms with Gasteiger partial charge in [-0.2, -0.15) is 0 Å². The second-order valence-corrected chi connectivity index (χ2v) is 7.54. The van der Waals surface area contributed by atoms with E-state index in [2.05, 4.69) is 26.8 Å². The van der Waals surface area contributed by atoms with Crippen molar-refractivity contribution in [3.05, 3.63) is 11.6 Å². The van der Waals surface area contributed by atoms with E-state index in [0.717, 1.165) is 31.1 Å². The van der Waals surface area contributed by atoms with Gasteiger partial charge < -0.3 is 4.74 Å². The first-order chi connectivity index (χ1) is 9.44. The summed E-state index contributed by atoms with van der Waals surface area (Å²) in [6.07, 6.45) is 9.25. The highest BCUT2D eigenvalue weighted by atomic mass is 16.6. The van der Waals surface area contributed by atoms with E-state index in [4.69, 9.17) is 4.74 Å². The minimum Gasteiger partial charge on any atom is -0.459 e. The fourth-order valence-corrected chi connectivity index (χ4v) is 4.72. The third-order valence-corrected chi connectivity index (χ3v) is 6.65. The van der Waals surface area contributed by atoms with Gasteiger partial charge in [0.15, 0.2) is 0 Å². The molecule has 0 saturated heterocycles. The lowest BCUT2D eigenvalue weighted by atomic mass is 9.44. The van der Waals surface area contributed by atoms with Gasteiger partial charge in [-0.3, -0.25) is 4.79 Å². The van der Waals surface area contributed by atoms with Gasteiger partial charge in [0, 0.05) is 5.41 Å². The van der Waals surface area contributed by atoms with Crippen LogP contribution in [0, 0.1) is 23.2 Å². The number of rotatable bonds is 5. The van der Waals surface area contributed by atoms with Crippen molar-refractivity contribution in [1.29, 1.82) is 0 Å². The van der Waals surface area contributed by atoms with E-state index < -0.39 is 0 Å². The van der Waals surface area contributed by atoms with Gasteiger partial charge in [-0.05, 0) is 57.3 Å². The Bertz CT molecular complexity index is 436. The highest BCUT2D eigenvalue weighted by Gasteiger charge is 2.60. The molecule has 5 rings (SSSR count). The van der Waals surface area contributed by atoms with E-state index in [-0.39, 0.29) is 22.9 Å². The van der Waals surface area contributed by atoms with Crippen LogP contribution in [-0.4, -0.2) is 11.6 Å². The summed E-state index contributed by atoms with van der Waals surface area (Å²) in [4.78, 5) is 12.3. The van der Waals surface area contributed by atoms with Crippen LogP contribution in [0.25, 0.3) is 0 Å². The number of carbonyl (C=O) groups is 1. The average Bonchev–Trinajstić information content (AvgIpc) is 2.46. The Morgan fingerprint density at radius 3 is 2.60 bits per heavy atom. The predicted molar refractivity (Wildman–Crippen MR) is 80.2 cm³/mol. The summed E-state index contributed by atoms with van der Waals surface area (Å²) in [5.41, 5.74) is 1.64. The molecule has 2 nitrogen and oxygen atoms in total. The summed E-state index contributed by atoms with van der Waals surface area (Å²) in [5, 5.41) is 0. The van der Waals surface area contributed by atoms with Gasteiger partial charge in [-0.1, -0.05) is 32.4 Å². The molecule has 2 heteroatoms. The average molecular weight is 276 g/mol. The van der Waals surface area contributed by atoms with Crippen LogP contribution in [0.2, 0.25) is 0 Å². The minimum atomic E-state index is -0.285. The van der Waals surface area contributed by atoms with Gasteiger partial charge in [-0.25, -0.2) is 0 Å². The molecule has 4 unspecified atom stereocenters. The molecule has 20 heavy (non-hydrogen) atoms. The van der Waals surface area contributed by atoms with Gasteiger partial charge in [0.2, 0.25) is 0 Å². The van der Waals surface area contributed by atoms with Crippen LogP contribution in [0.1, 0.15) is 66.2 Å². The summed E-state index contributed by atoms with van der Waals surface area (Å²) in [6, 6.07) is 0. The molecule has 0 aromatic heterocycles. The normalized spacial score (nSPS) is 38.5. The fourth-order valence-electron chi connectivity index (χ4n) is 4.72. The largest absolute Gasteiger partial charge is 0.459 e. The van der Waals surface area contributed by atoms with Crippen LogP contribution in [0.15, 0.2) is 11.6 Å². The van der Waals surface area contributed by atoms with Crippen molar-refractivity contribution in [2.45, 2.75) is 71.8 Å². The first-order valence-corrected chi connectivity index (χ1v) is 8.37. The predicted octanol–water partition coefficient (Wildman–Crippen LogP) is 4.49. The third kappa shape index (κ3) is 1.79. The zero-order valence-electron chi connectivity index (χ0n) is 13.4. The molecule has 0 aromatic carbocycles. The van der Waals surface area contributed by atoms with Gasteiger partial charge in [0.1, 0.15) is 5.60 Å². The molecule has 0 aromatic rings. The standard InChI is InChI=1S/C18H28O2/c1-5-12(3)16(19)20-17(4,6-2)18-8-7-15-13(10-18)9-14(15)11-18/h7,12-14H,5-6,8-11H2,1-4H3. The Kier molecular flexibility index (Phi) is 3.26. The quantitative estimate of drug-likeness (QED) is 0.546. The van der Waals surface area contributed by atoms with Gasteiger partial charge in [0.05, 0.1) is 5.92 Å². The fraction of sp³-hybridized carbons (Fsp3) is 0.833. The van der Waals surface area contributed by atoms with E-state index in [1.165, 1.54) is 19.3 Å². The molecule has 5 aliphatic carbocycles. The van der Waals surface area contributed by atoms with E-state index in [0.29, 0.717) is 0 Å². The maximum Gasteiger partial charge on any atom is 0.309 e. The monoisotopic (exact) mass is 276 g/mol. The maximum absolute atomic E-state index is 12.3. The maximum atomic E-state index is 12.3. The number of hydrogen-bond donors (Lipinski definition) is 0. The number of hydrogen-bond acceptors (Lipinski definition) is 2. The zero-order chi connectivity index (χ0) is 14.5. The molecule has 0 heterocycles. The van der Waals surface area contributed by atoms with Crippen LogP contribution in [0.4, 0.5) is 0 Å². The smallest absolute Gasteiger partial charge is 0.309 e. The minimum absolute atomic E-state index is 0.000230. The highest BCUT2D eigenvalue weighted by Crippen LogP contribution is 2.66. The molecule has 0 radical (unpaired) electrons. The van der Waals surface area contributed by atoms with E-state index in [9.17, 15) is 4.79 Å². The van der Waals surface area contributed by atoms with Crippen LogP contribution in [-0.2, 0) is 9.53 Å². The van der Waals surface area contributed by atoms with Crippen molar-refractivity contribution in [3.63, 3.8) is 0 Å². The molecule has 0 N–H and O–H groups in total. The summed E-state index contributed by atoms with van der Waals surface area (Å²) < 4.78 is 6.10. The number of fused-ring (bicyclic) bond motifs is 1. The lowest BCUT2D eigenvalue weighted by Gasteiger charge is -2.63. The first kappa shape index (κ1) is 14.2. The molecule has 3 saturated carbocycles. The summed E-state index contributed by atoms with van der Waals surface area (Å²) in [7, 11) is 0. The SMILES string of the molecule is CCC(C)C(=O)OC(C)(CC)C12CC=C3C(CC3C1)C2. The molecule has 3 fully saturated rings. The number of esters is 1.